The molecule has 4 heteroatoms. The van der Waals surface area contributed by atoms with Crippen LogP contribution in [0.1, 0.15) is 18.1 Å². The molecule has 0 bridgehead atoms. The van der Waals surface area contributed by atoms with Gasteiger partial charge in [-0.25, -0.2) is 4.39 Å². The predicted octanol–water partition coefficient (Wildman–Crippen LogP) is 2.83. The second kappa shape index (κ2) is 6.19. The number of methoxy groups -OCH3 is 1. The number of rotatable bonds is 5. The largest absolute Gasteiger partial charge is 0.496 e. The second-order valence-electron chi connectivity index (χ2n) is 4.06. The number of ether oxygens (including phenoxy) is 1. The minimum atomic E-state index is -1.12. The molecule has 0 amide bonds. The molecule has 0 saturated carbocycles. The van der Waals surface area contributed by atoms with E-state index in [9.17, 15) is 4.39 Å². The van der Waals surface area contributed by atoms with Gasteiger partial charge in [0.15, 0.2) is 0 Å². The van der Waals surface area contributed by atoms with Crippen LogP contribution in [0.15, 0.2) is 30.0 Å². The number of hydrogen-bond donors (Lipinski definition) is 2. The Hall–Kier alpha value is -1.84. The van der Waals surface area contributed by atoms with Crippen molar-refractivity contribution in [3.05, 3.63) is 41.1 Å². The molecule has 1 rings (SSSR count). The van der Waals surface area contributed by atoms with E-state index in [0.29, 0.717) is 5.70 Å². The summed E-state index contributed by atoms with van der Waals surface area (Å²) in [5.41, 5.74) is 2.36. The van der Waals surface area contributed by atoms with Crippen LogP contribution in [0.2, 0.25) is 0 Å². The molecule has 0 aliphatic carbocycles. The maximum atomic E-state index is 13.2. The number of aryl methyl sites for hydroxylation is 1. The molecule has 1 aromatic carbocycles. The van der Waals surface area contributed by atoms with E-state index >= 15 is 0 Å². The fourth-order valence-electron chi connectivity index (χ4n) is 1.67. The van der Waals surface area contributed by atoms with Crippen LogP contribution in [-0.2, 0) is 0 Å². The Balaban J connectivity index is 3.01. The highest BCUT2D eigenvalue weighted by atomic mass is 19.1. The molecule has 0 spiro atoms. The molecule has 2 N–H and O–H groups in total. The molecular weight excluding hydrogens is 231 g/mol. The van der Waals surface area contributed by atoms with Gasteiger partial charge in [0.1, 0.15) is 11.9 Å². The fraction of sp³-hybridized carbons (Fsp3) is 0.357. The standard InChI is InChI=1S/C14H19FN2O/c1-9-7-11(5-6-14(9)18-4)12(16)8-13(17-3)10(2)15/h5-8,10,16-17H,1-4H3/b13-8-,16-12?. The van der Waals surface area contributed by atoms with Crippen LogP contribution in [0.25, 0.3) is 0 Å². The SMILES string of the molecule is CN/C(=C\C(=N)c1ccc(OC)c(C)c1)C(C)F. The van der Waals surface area contributed by atoms with E-state index in [1.807, 2.05) is 19.1 Å². The van der Waals surface area contributed by atoms with Gasteiger partial charge in [-0.15, -0.1) is 0 Å². The predicted molar refractivity (Wildman–Crippen MR) is 72.3 cm³/mol. The Morgan fingerprint density at radius 3 is 2.61 bits per heavy atom. The van der Waals surface area contributed by atoms with Gasteiger partial charge < -0.3 is 15.5 Å². The summed E-state index contributed by atoms with van der Waals surface area (Å²) >= 11 is 0. The summed E-state index contributed by atoms with van der Waals surface area (Å²) < 4.78 is 18.4. The average molecular weight is 250 g/mol. The first-order valence-corrected chi connectivity index (χ1v) is 5.76. The molecular formula is C14H19FN2O. The van der Waals surface area contributed by atoms with Crippen LogP contribution >= 0.6 is 0 Å². The highest BCUT2D eigenvalue weighted by molar-refractivity contribution is 6.07. The number of alkyl halides is 1. The monoisotopic (exact) mass is 250 g/mol. The van der Waals surface area contributed by atoms with Gasteiger partial charge in [0.05, 0.1) is 12.8 Å². The summed E-state index contributed by atoms with van der Waals surface area (Å²) in [6, 6.07) is 5.46. The van der Waals surface area contributed by atoms with Crippen molar-refractivity contribution in [1.29, 1.82) is 5.41 Å². The Kier molecular flexibility index (Phi) is 4.89. The van der Waals surface area contributed by atoms with E-state index in [2.05, 4.69) is 5.32 Å². The number of halogens is 1. The fourth-order valence-corrected chi connectivity index (χ4v) is 1.67. The van der Waals surface area contributed by atoms with E-state index in [0.717, 1.165) is 16.9 Å². The van der Waals surface area contributed by atoms with Gasteiger partial charge in [0, 0.05) is 12.7 Å². The zero-order valence-electron chi connectivity index (χ0n) is 11.2. The van der Waals surface area contributed by atoms with Gasteiger partial charge in [-0.2, -0.15) is 0 Å². The lowest BCUT2D eigenvalue weighted by Crippen LogP contribution is -2.16. The van der Waals surface area contributed by atoms with Gasteiger partial charge in [-0.05, 0) is 49.2 Å². The van der Waals surface area contributed by atoms with E-state index in [1.54, 1.807) is 20.2 Å². The van der Waals surface area contributed by atoms with Crippen LogP contribution in [0.5, 0.6) is 5.75 Å². The van der Waals surface area contributed by atoms with Crippen molar-refractivity contribution in [1.82, 2.24) is 5.32 Å². The lowest BCUT2D eigenvalue weighted by molar-refractivity contribution is 0.397. The highest BCUT2D eigenvalue weighted by Crippen LogP contribution is 2.19. The number of nitrogens with one attached hydrogen (secondary N) is 2. The average Bonchev–Trinajstić information content (AvgIpc) is 2.35. The zero-order valence-corrected chi connectivity index (χ0v) is 11.2. The van der Waals surface area contributed by atoms with Crippen molar-refractivity contribution < 1.29 is 9.13 Å². The molecule has 0 saturated heterocycles. The van der Waals surface area contributed by atoms with Crippen molar-refractivity contribution in [3.8, 4) is 5.75 Å². The maximum Gasteiger partial charge on any atom is 0.137 e. The van der Waals surface area contributed by atoms with Crippen LogP contribution in [0, 0.1) is 12.3 Å². The van der Waals surface area contributed by atoms with Gasteiger partial charge in [0.2, 0.25) is 0 Å². The summed E-state index contributed by atoms with van der Waals surface area (Å²) in [6.45, 7) is 3.35. The van der Waals surface area contributed by atoms with Crippen molar-refractivity contribution in [2.45, 2.75) is 20.0 Å². The molecule has 1 unspecified atom stereocenters. The second-order valence-corrected chi connectivity index (χ2v) is 4.06. The summed E-state index contributed by atoms with van der Waals surface area (Å²) in [5, 5.41) is 10.7. The third-order valence-electron chi connectivity index (χ3n) is 2.72. The summed E-state index contributed by atoms with van der Waals surface area (Å²) in [4.78, 5) is 0. The first-order chi connectivity index (χ1) is 8.49. The molecule has 0 heterocycles. The maximum absolute atomic E-state index is 13.2. The Morgan fingerprint density at radius 1 is 1.50 bits per heavy atom. The number of hydrogen-bond acceptors (Lipinski definition) is 3. The molecule has 18 heavy (non-hydrogen) atoms. The molecule has 0 fully saturated rings. The van der Waals surface area contributed by atoms with E-state index in [4.69, 9.17) is 10.1 Å². The Labute approximate surface area is 107 Å². The molecule has 0 aromatic heterocycles. The van der Waals surface area contributed by atoms with Crippen LogP contribution < -0.4 is 10.1 Å². The third-order valence-corrected chi connectivity index (χ3v) is 2.72. The van der Waals surface area contributed by atoms with Gasteiger partial charge in [0.25, 0.3) is 0 Å². The first-order valence-electron chi connectivity index (χ1n) is 5.76. The topological polar surface area (TPSA) is 45.1 Å². The zero-order chi connectivity index (χ0) is 13.7. The lowest BCUT2D eigenvalue weighted by Gasteiger charge is -2.10. The smallest absolute Gasteiger partial charge is 0.137 e. The minimum Gasteiger partial charge on any atom is -0.496 e. The van der Waals surface area contributed by atoms with Crippen LogP contribution in [-0.4, -0.2) is 26.0 Å². The van der Waals surface area contributed by atoms with Crippen molar-refractivity contribution in [2.24, 2.45) is 0 Å². The first kappa shape index (κ1) is 14.2. The number of allylic oxidation sites excluding steroid dienone is 2. The number of benzene rings is 1. The molecule has 1 atom stereocenters. The van der Waals surface area contributed by atoms with Crippen LogP contribution in [0.4, 0.5) is 4.39 Å². The van der Waals surface area contributed by atoms with Gasteiger partial charge >= 0.3 is 0 Å². The van der Waals surface area contributed by atoms with E-state index < -0.39 is 6.17 Å². The summed E-state index contributed by atoms with van der Waals surface area (Å²) in [5.74, 6) is 0.781. The summed E-state index contributed by atoms with van der Waals surface area (Å²) in [6.07, 6.45) is 0.390. The third kappa shape index (κ3) is 3.32. The van der Waals surface area contributed by atoms with Crippen molar-refractivity contribution in [2.75, 3.05) is 14.2 Å². The molecule has 1 aromatic rings. The highest BCUT2D eigenvalue weighted by Gasteiger charge is 2.08. The van der Waals surface area contributed by atoms with Crippen molar-refractivity contribution in [3.63, 3.8) is 0 Å². The molecule has 0 aliphatic heterocycles. The normalized spacial score (nSPS) is 13.1. The van der Waals surface area contributed by atoms with Gasteiger partial charge in [-0.1, -0.05) is 0 Å². The molecule has 0 radical (unpaired) electrons. The van der Waals surface area contributed by atoms with Crippen LogP contribution in [0.3, 0.4) is 0 Å². The minimum absolute atomic E-state index is 0.273. The quantitative estimate of drug-likeness (QED) is 0.789. The van der Waals surface area contributed by atoms with E-state index in [-0.39, 0.29) is 5.71 Å². The Morgan fingerprint density at radius 2 is 2.17 bits per heavy atom. The molecule has 0 aliphatic rings. The Bertz CT molecular complexity index is 467. The lowest BCUT2D eigenvalue weighted by atomic mass is 10.0. The van der Waals surface area contributed by atoms with E-state index in [1.165, 1.54) is 13.0 Å². The van der Waals surface area contributed by atoms with Crippen molar-refractivity contribution >= 4 is 5.71 Å². The van der Waals surface area contributed by atoms with Gasteiger partial charge in [-0.3, -0.25) is 0 Å². The molecule has 3 nitrogen and oxygen atoms in total. The molecule has 98 valence electrons. The summed E-state index contributed by atoms with van der Waals surface area (Å²) in [7, 11) is 3.26.